The van der Waals surface area contributed by atoms with Crippen molar-refractivity contribution in [3.63, 3.8) is 0 Å². The largest absolute Gasteiger partial charge is 0.456 e. The van der Waals surface area contributed by atoms with E-state index < -0.39 is 64.9 Å². The van der Waals surface area contributed by atoms with Gasteiger partial charge in [-0.25, -0.2) is 4.39 Å². The first kappa shape index (κ1) is 31.6. The van der Waals surface area contributed by atoms with Gasteiger partial charge in [0, 0.05) is 12.8 Å². The van der Waals surface area contributed by atoms with Gasteiger partial charge in [0.2, 0.25) is 5.91 Å². The Hall–Kier alpha value is -0.650. The van der Waals surface area contributed by atoms with Crippen molar-refractivity contribution in [2.24, 2.45) is 0 Å². The van der Waals surface area contributed by atoms with Gasteiger partial charge >= 0.3 is 5.97 Å². The standard InChI is InChI=1S/C25H44ClFN2O6S/c1-5-7-8-10-17(30)34-22-20(32)19(31)21(35-24(22)36-4)18(15(3)26)29-23(33)16-14-25(27,11-6-2)12-9-13-28-16/h15-16,18-22,24,28,31-32H,5-14H2,1-4H3,(H,29,33). The predicted molar refractivity (Wildman–Crippen MR) is 140 cm³/mol. The van der Waals surface area contributed by atoms with Crippen molar-refractivity contribution in [1.29, 1.82) is 0 Å². The lowest BCUT2D eigenvalue weighted by Crippen LogP contribution is -2.66. The number of unbranched alkanes of at least 4 members (excludes halogenated alkanes) is 2. The van der Waals surface area contributed by atoms with Crippen molar-refractivity contribution >= 4 is 35.2 Å². The third-order valence-corrected chi connectivity index (χ3v) is 8.12. The Kier molecular flexibility index (Phi) is 13.2. The number of nitrogens with one attached hydrogen (secondary N) is 2. The van der Waals surface area contributed by atoms with Gasteiger partial charge in [-0.1, -0.05) is 33.1 Å². The Morgan fingerprint density at radius 1 is 1.28 bits per heavy atom. The summed E-state index contributed by atoms with van der Waals surface area (Å²) < 4.78 is 26.9. The lowest BCUT2D eigenvalue weighted by atomic mass is 9.88. The second-order valence-corrected chi connectivity index (χ2v) is 11.6. The maximum absolute atomic E-state index is 15.4. The third-order valence-electron chi connectivity index (χ3n) is 7.00. The summed E-state index contributed by atoms with van der Waals surface area (Å²) in [6, 6.07) is -1.62. The Morgan fingerprint density at radius 3 is 2.61 bits per heavy atom. The van der Waals surface area contributed by atoms with Crippen LogP contribution >= 0.6 is 23.4 Å². The number of carbonyl (C=O) groups is 2. The molecule has 9 unspecified atom stereocenters. The molecule has 0 bridgehead atoms. The molecule has 4 N–H and O–H groups in total. The smallest absolute Gasteiger partial charge is 0.306 e. The molecular weight excluding hydrogens is 511 g/mol. The van der Waals surface area contributed by atoms with Gasteiger partial charge in [-0.05, 0) is 45.4 Å². The van der Waals surface area contributed by atoms with Gasteiger partial charge in [0.05, 0.1) is 17.5 Å². The van der Waals surface area contributed by atoms with E-state index in [2.05, 4.69) is 10.6 Å². The van der Waals surface area contributed by atoms with Crippen LogP contribution in [-0.4, -0.2) is 87.9 Å². The van der Waals surface area contributed by atoms with Crippen LogP contribution in [0.1, 0.15) is 78.6 Å². The van der Waals surface area contributed by atoms with Gasteiger partial charge in [0.1, 0.15) is 29.4 Å². The molecule has 0 aliphatic carbocycles. The summed E-state index contributed by atoms with van der Waals surface area (Å²) in [6.45, 7) is 6.13. The van der Waals surface area contributed by atoms with Gasteiger partial charge in [0.25, 0.3) is 0 Å². The molecule has 36 heavy (non-hydrogen) atoms. The van der Waals surface area contributed by atoms with E-state index in [0.717, 1.165) is 12.8 Å². The molecule has 2 saturated heterocycles. The van der Waals surface area contributed by atoms with E-state index in [0.29, 0.717) is 38.6 Å². The minimum atomic E-state index is -1.46. The zero-order chi connectivity index (χ0) is 26.9. The number of aliphatic hydroxyl groups excluding tert-OH is 2. The summed E-state index contributed by atoms with van der Waals surface area (Å²) in [7, 11) is 0. The fourth-order valence-electron chi connectivity index (χ4n) is 5.01. The number of ether oxygens (including phenoxy) is 2. The topological polar surface area (TPSA) is 117 Å². The van der Waals surface area contributed by atoms with Gasteiger partial charge in [-0.15, -0.1) is 23.4 Å². The van der Waals surface area contributed by atoms with E-state index in [9.17, 15) is 19.8 Å². The average Bonchev–Trinajstić information content (AvgIpc) is 3.03. The van der Waals surface area contributed by atoms with E-state index in [4.69, 9.17) is 21.1 Å². The van der Waals surface area contributed by atoms with E-state index in [-0.39, 0.29) is 12.8 Å². The number of alkyl halides is 2. The number of thioether (sulfide) groups is 1. The summed E-state index contributed by atoms with van der Waals surface area (Å²) in [5, 5.41) is 27.1. The summed E-state index contributed by atoms with van der Waals surface area (Å²) in [5.74, 6) is -0.888. The maximum atomic E-state index is 15.4. The quantitative estimate of drug-likeness (QED) is 0.165. The molecule has 2 rings (SSSR count). The fourth-order valence-corrected chi connectivity index (χ4v) is 5.94. The van der Waals surface area contributed by atoms with Crippen molar-refractivity contribution in [2.45, 2.75) is 132 Å². The third kappa shape index (κ3) is 8.70. The summed E-state index contributed by atoms with van der Waals surface area (Å²) in [4.78, 5) is 25.5. The number of carbonyl (C=O) groups excluding carboxylic acids is 2. The molecule has 1 amide bonds. The van der Waals surface area contributed by atoms with Crippen LogP contribution in [0.25, 0.3) is 0 Å². The number of hydrogen-bond acceptors (Lipinski definition) is 8. The van der Waals surface area contributed by atoms with Crippen LogP contribution in [-0.2, 0) is 19.1 Å². The van der Waals surface area contributed by atoms with Crippen LogP contribution in [0.4, 0.5) is 4.39 Å². The van der Waals surface area contributed by atoms with Crippen LogP contribution < -0.4 is 10.6 Å². The normalized spacial score (nSPS) is 34.9. The van der Waals surface area contributed by atoms with Crippen molar-refractivity contribution in [2.75, 3.05) is 12.8 Å². The maximum Gasteiger partial charge on any atom is 0.306 e. The summed E-state index contributed by atoms with van der Waals surface area (Å²) in [6.07, 6.45) is 1.65. The lowest BCUT2D eigenvalue weighted by Gasteiger charge is -2.45. The number of halogens is 2. The highest BCUT2D eigenvalue weighted by atomic mass is 35.5. The molecule has 11 heteroatoms. The van der Waals surface area contributed by atoms with E-state index in [1.807, 2.05) is 13.8 Å². The molecule has 0 radical (unpaired) electrons. The molecule has 8 nitrogen and oxygen atoms in total. The molecular formula is C25H44ClFN2O6S. The number of esters is 1. The second-order valence-electron chi connectivity index (χ2n) is 10.0. The Balaban J connectivity index is 2.12. The fraction of sp³-hybridized carbons (Fsp3) is 0.920. The molecule has 2 fully saturated rings. The van der Waals surface area contributed by atoms with Gasteiger partial charge in [0.15, 0.2) is 6.10 Å². The van der Waals surface area contributed by atoms with Gasteiger partial charge < -0.3 is 30.3 Å². The van der Waals surface area contributed by atoms with Crippen LogP contribution in [0, 0.1) is 0 Å². The van der Waals surface area contributed by atoms with Gasteiger partial charge in [-0.3, -0.25) is 9.59 Å². The van der Waals surface area contributed by atoms with Crippen LogP contribution in [0.15, 0.2) is 0 Å². The predicted octanol–water partition coefficient (Wildman–Crippen LogP) is 3.05. The SMILES string of the molecule is CCCCCC(=O)OC1C(SC)OC(C(NC(=O)C2CC(F)(CCC)CCCN2)C(C)Cl)C(O)C1O. The lowest BCUT2D eigenvalue weighted by molar-refractivity contribution is -0.218. The Bertz CT molecular complexity index is 705. The minimum Gasteiger partial charge on any atom is -0.456 e. The molecule has 210 valence electrons. The number of aliphatic hydroxyl groups is 2. The van der Waals surface area contributed by atoms with Crippen LogP contribution in [0.3, 0.4) is 0 Å². The molecule has 9 atom stereocenters. The first-order chi connectivity index (χ1) is 17.1. The summed E-state index contributed by atoms with van der Waals surface area (Å²) >= 11 is 7.65. The highest BCUT2D eigenvalue weighted by Gasteiger charge is 2.50. The van der Waals surface area contributed by atoms with Crippen LogP contribution in [0.2, 0.25) is 0 Å². The molecule has 0 aromatic rings. The Labute approximate surface area is 223 Å². The molecule has 2 heterocycles. The number of rotatable bonds is 12. The molecule has 0 saturated carbocycles. The molecule has 0 aromatic carbocycles. The molecule has 2 aliphatic heterocycles. The molecule has 0 aromatic heterocycles. The van der Waals surface area contributed by atoms with Crippen molar-refractivity contribution in [3.8, 4) is 0 Å². The van der Waals surface area contributed by atoms with E-state index in [1.54, 1.807) is 13.2 Å². The van der Waals surface area contributed by atoms with Gasteiger partial charge in [-0.2, -0.15) is 0 Å². The second kappa shape index (κ2) is 15.1. The number of amides is 1. The zero-order valence-corrected chi connectivity index (χ0v) is 23.5. The highest BCUT2D eigenvalue weighted by Crippen LogP contribution is 2.34. The van der Waals surface area contributed by atoms with Crippen molar-refractivity contribution in [1.82, 2.24) is 10.6 Å². The van der Waals surface area contributed by atoms with E-state index in [1.165, 1.54) is 11.8 Å². The number of hydrogen-bond donors (Lipinski definition) is 4. The van der Waals surface area contributed by atoms with E-state index >= 15 is 4.39 Å². The first-order valence-electron chi connectivity index (χ1n) is 13.2. The van der Waals surface area contributed by atoms with Crippen LogP contribution in [0.5, 0.6) is 0 Å². The highest BCUT2D eigenvalue weighted by molar-refractivity contribution is 7.99. The Morgan fingerprint density at radius 2 is 2.00 bits per heavy atom. The molecule has 0 spiro atoms. The zero-order valence-electron chi connectivity index (χ0n) is 21.9. The van der Waals surface area contributed by atoms with Crippen molar-refractivity contribution in [3.05, 3.63) is 0 Å². The minimum absolute atomic E-state index is 0.0518. The summed E-state index contributed by atoms with van der Waals surface area (Å²) in [5.41, 5.74) is -2.19. The molecule has 2 aliphatic rings. The monoisotopic (exact) mass is 554 g/mol. The first-order valence-corrected chi connectivity index (χ1v) is 14.9. The van der Waals surface area contributed by atoms with Crippen molar-refractivity contribution < 1.29 is 33.7 Å². The average molecular weight is 555 g/mol.